The lowest BCUT2D eigenvalue weighted by atomic mass is 10.0. The number of carbonyl (C=O) groups is 5. The molecule has 4 amide bonds. The minimum atomic E-state index is -1.27. The number of hydrogen-bond donors (Lipinski definition) is 7. The van der Waals surface area contributed by atoms with Crippen molar-refractivity contribution in [1.29, 1.82) is 0 Å². The molecular weight excluding hydrogens is 622 g/mol. The van der Waals surface area contributed by atoms with Crippen molar-refractivity contribution in [2.45, 2.75) is 62.7 Å². The monoisotopic (exact) mass is 667 g/mol. The first kappa shape index (κ1) is 37.4. The molecule has 9 N–H and O–H groups in total. The average molecular weight is 668 g/mol. The molecule has 1 saturated heterocycles. The summed E-state index contributed by atoms with van der Waals surface area (Å²) in [6.07, 6.45) is 1.55. The molecule has 0 saturated carbocycles. The smallest absolute Gasteiger partial charge is 0.326 e. The molecule has 4 unspecified atom stereocenters. The zero-order valence-electron chi connectivity index (χ0n) is 26.8. The summed E-state index contributed by atoms with van der Waals surface area (Å²) in [5, 5.41) is 20.4. The Labute approximate surface area is 279 Å². The maximum atomic E-state index is 13.8. The number of nitrogens with one attached hydrogen (secondary N) is 4. The Morgan fingerprint density at radius 3 is 2.12 bits per heavy atom. The number of nitrogens with zero attached hydrogens (tertiary/aromatic N) is 1. The fourth-order valence-corrected chi connectivity index (χ4v) is 4.83. The van der Waals surface area contributed by atoms with Crippen LogP contribution in [0.2, 0.25) is 0 Å². The van der Waals surface area contributed by atoms with Crippen LogP contribution in [0.25, 0.3) is 0 Å². The van der Waals surface area contributed by atoms with E-state index in [9.17, 15) is 29.1 Å². The van der Waals surface area contributed by atoms with E-state index >= 15 is 0 Å². The second kappa shape index (κ2) is 20.3. The number of guanidine groups is 1. The van der Waals surface area contributed by atoms with Gasteiger partial charge in [-0.25, -0.2) is 4.79 Å². The molecule has 2 aromatic carbocycles. The van der Waals surface area contributed by atoms with Crippen molar-refractivity contribution >= 4 is 35.6 Å². The summed E-state index contributed by atoms with van der Waals surface area (Å²) in [5.41, 5.74) is 11.9. The number of amides is 4. The number of hydrogen-bond acceptors (Lipinski definition) is 8. The summed E-state index contributed by atoms with van der Waals surface area (Å²) in [5.74, 6) is -3.99. The summed E-state index contributed by atoms with van der Waals surface area (Å²) >= 11 is 0. The van der Waals surface area contributed by atoms with Crippen LogP contribution in [0.3, 0.4) is 0 Å². The van der Waals surface area contributed by atoms with Gasteiger partial charge in [0.15, 0.2) is 5.96 Å². The van der Waals surface area contributed by atoms with Gasteiger partial charge in [-0.1, -0.05) is 48.5 Å². The third-order valence-electron chi connectivity index (χ3n) is 7.43. The van der Waals surface area contributed by atoms with E-state index in [0.717, 1.165) is 5.56 Å². The number of aliphatic carboxylic acids is 1. The quantitative estimate of drug-likeness (QED) is 0.106. The molecule has 1 heterocycles. The van der Waals surface area contributed by atoms with E-state index in [1.807, 2.05) is 6.07 Å². The first-order valence-corrected chi connectivity index (χ1v) is 15.9. The SMILES string of the molecule is NC(N)=NCCCC1NC(=O)C(Cc2ccccc2)NC(=O)C(NC(=O)c2ccccc2)COCCCCOCCC(C(=O)O)NC1=O. The maximum Gasteiger partial charge on any atom is 0.326 e. The van der Waals surface area contributed by atoms with Gasteiger partial charge in [-0.3, -0.25) is 24.2 Å². The second-order valence-electron chi connectivity index (χ2n) is 11.2. The van der Waals surface area contributed by atoms with Crippen molar-refractivity contribution in [3.8, 4) is 0 Å². The zero-order chi connectivity index (χ0) is 34.7. The van der Waals surface area contributed by atoms with Crippen LogP contribution in [0.4, 0.5) is 0 Å². The Morgan fingerprint density at radius 1 is 0.833 bits per heavy atom. The lowest BCUT2D eigenvalue weighted by Gasteiger charge is -2.26. The van der Waals surface area contributed by atoms with Crippen LogP contribution in [0, 0.1) is 0 Å². The van der Waals surface area contributed by atoms with Gasteiger partial charge < -0.3 is 47.3 Å². The van der Waals surface area contributed by atoms with Crippen molar-refractivity contribution in [2.24, 2.45) is 16.5 Å². The minimum absolute atomic E-state index is 0.00171. The standard InChI is InChI=1S/C33H45N7O8/c34-33(35)36-16-9-14-24-29(42)38-25(32(45)46)15-19-47-17-7-8-18-48-21-27(40-28(41)23-12-5-2-6-13-23)31(44)39-26(30(43)37-24)20-22-10-3-1-4-11-22/h1-6,10-13,24-27H,7-9,14-21H2,(H,37,43)(H,38,42)(H,39,44)(H,40,41)(H,45,46)(H4,34,35,36). The Hall–Kier alpha value is -5.02. The maximum absolute atomic E-state index is 13.8. The van der Waals surface area contributed by atoms with Crippen molar-refractivity contribution in [3.05, 3.63) is 71.8 Å². The number of benzene rings is 2. The highest BCUT2D eigenvalue weighted by molar-refractivity contribution is 5.99. The lowest BCUT2D eigenvalue weighted by Crippen LogP contribution is -2.59. The molecule has 0 aliphatic carbocycles. The predicted octanol–water partition coefficient (Wildman–Crippen LogP) is -0.163. The number of carboxylic acids is 1. The highest BCUT2D eigenvalue weighted by Crippen LogP contribution is 2.08. The van der Waals surface area contributed by atoms with E-state index in [2.05, 4.69) is 26.3 Å². The van der Waals surface area contributed by atoms with Gasteiger partial charge in [0.25, 0.3) is 5.91 Å². The Balaban J connectivity index is 1.90. The van der Waals surface area contributed by atoms with E-state index in [0.29, 0.717) is 25.0 Å². The molecule has 1 aliphatic rings. The van der Waals surface area contributed by atoms with Crippen molar-refractivity contribution in [1.82, 2.24) is 21.3 Å². The van der Waals surface area contributed by atoms with Crippen LogP contribution < -0.4 is 32.7 Å². The molecule has 48 heavy (non-hydrogen) atoms. The molecule has 260 valence electrons. The first-order valence-electron chi connectivity index (χ1n) is 15.9. The van der Waals surface area contributed by atoms with Crippen LogP contribution in [0.1, 0.15) is 48.0 Å². The molecule has 0 bridgehead atoms. The fraction of sp³-hybridized carbons (Fsp3) is 0.455. The summed E-state index contributed by atoms with van der Waals surface area (Å²) in [4.78, 5) is 69.9. The van der Waals surface area contributed by atoms with Gasteiger partial charge in [0.2, 0.25) is 17.7 Å². The molecule has 3 rings (SSSR count). The second-order valence-corrected chi connectivity index (χ2v) is 11.2. The highest BCUT2D eigenvalue weighted by atomic mass is 16.5. The van der Waals surface area contributed by atoms with Crippen LogP contribution in [-0.4, -0.2) is 97.8 Å². The number of nitrogens with two attached hydrogens (primary N) is 2. The van der Waals surface area contributed by atoms with E-state index in [1.165, 1.54) is 0 Å². The summed E-state index contributed by atoms with van der Waals surface area (Å²) in [6, 6.07) is 12.5. The fourth-order valence-electron chi connectivity index (χ4n) is 4.83. The molecule has 4 atom stereocenters. The number of rotatable bonds is 9. The third kappa shape index (κ3) is 13.4. The Morgan fingerprint density at radius 2 is 1.46 bits per heavy atom. The molecule has 0 radical (unpaired) electrons. The summed E-state index contributed by atoms with van der Waals surface area (Å²) < 4.78 is 11.3. The topological polar surface area (TPSA) is 237 Å². The van der Waals surface area contributed by atoms with Crippen LogP contribution in [-0.2, 0) is 35.1 Å². The third-order valence-corrected chi connectivity index (χ3v) is 7.43. The number of carbonyl (C=O) groups excluding carboxylic acids is 4. The number of ether oxygens (including phenoxy) is 2. The normalized spacial score (nSPS) is 22.0. The van der Waals surface area contributed by atoms with E-state index < -0.39 is 53.8 Å². The van der Waals surface area contributed by atoms with Crippen LogP contribution in [0.15, 0.2) is 65.7 Å². The van der Waals surface area contributed by atoms with Crippen molar-refractivity contribution in [2.75, 3.05) is 33.0 Å². The molecule has 0 aromatic heterocycles. The zero-order valence-corrected chi connectivity index (χ0v) is 26.8. The van der Waals surface area contributed by atoms with E-state index in [1.54, 1.807) is 54.6 Å². The van der Waals surface area contributed by atoms with Crippen LogP contribution in [0.5, 0.6) is 0 Å². The van der Waals surface area contributed by atoms with Gasteiger partial charge >= 0.3 is 5.97 Å². The molecule has 1 fully saturated rings. The average Bonchev–Trinajstić information content (AvgIpc) is 3.07. The summed E-state index contributed by atoms with van der Waals surface area (Å²) in [6.45, 7) is 0.650. The van der Waals surface area contributed by atoms with Crippen LogP contribution >= 0.6 is 0 Å². The number of carboxylic acid groups (broad SMARTS) is 1. The van der Waals surface area contributed by atoms with Gasteiger partial charge in [0, 0.05) is 44.8 Å². The largest absolute Gasteiger partial charge is 0.480 e. The molecule has 0 spiro atoms. The Kier molecular flexibility index (Phi) is 15.8. The Bertz CT molecular complexity index is 1370. The predicted molar refractivity (Wildman–Crippen MR) is 177 cm³/mol. The van der Waals surface area contributed by atoms with Gasteiger partial charge in [-0.05, 0) is 43.4 Å². The molecule has 15 heteroatoms. The number of aliphatic imine (C=N–C) groups is 1. The van der Waals surface area contributed by atoms with Gasteiger partial charge in [0.1, 0.15) is 24.2 Å². The highest BCUT2D eigenvalue weighted by Gasteiger charge is 2.31. The summed E-state index contributed by atoms with van der Waals surface area (Å²) in [7, 11) is 0. The van der Waals surface area contributed by atoms with Gasteiger partial charge in [-0.15, -0.1) is 0 Å². The first-order chi connectivity index (χ1) is 23.1. The van der Waals surface area contributed by atoms with Gasteiger partial charge in [-0.2, -0.15) is 0 Å². The van der Waals surface area contributed by atoms with Gasteiger partial charge in [0.05, 0.1) is 6.61 Å². The van der Waals surface area contributed by atoms with Crippen molar-refractivity contribution in [3.63, 3.8) is 0 Å². The molecular formula is C33H45N7O8. The molecule has 1 aliphatic heterocycles. The van der Waals surface area contributed by atoms with E-state index in [-0.39, 0.29) is 58.0 Å². The minimum Gasteiger partial charge on any atom is -0.480 e. The van der Waals surface area contributed by atoms with Crippen molar-refractivity contribution < 1.29 is 38.6 Å². The lowest BCUT2D eigenvalue weighted by molar-refractivity contribution is -0.143. The van der Waals surface area contributed by atoms with E-state index in [4.69, 9.17) is 20.9 Å². The molecule has 2 aromatic rings. The molecule has 15 nitrogen and oxygen atoms in total.